The van der Waals surface area contributed by atoms with E-state index >= 15 is 0 Å². The zero-order valence-electron chi connectivity index (χ0n) is 20.9. The SMILES string of the molecule is [2H]CCCCCCCCCCCCCC=CC=CC=CC(=O)N[C@H]1C(O)O[C@H](CO)[C@@H](O)[C@@H]1O. The average molecular weight is 469 g/mol. The number of carbonyl (C=O) groups excluding carboxylic acids is 1. The van der Waals surface area contributed by atoms with Gasteiger partial charge in [-0.15, -0.1) is 0 Å². The van der Waals surface area contributed by atoms with Crippen molar-refractivity contribution in [3.8, 4) is 0 Å². The zero-order valence-corrected chi connectivity index (χ0v) is 19.9. The minimum Gasteiger partial charge on any atom is -0.394 e. The molecule has 0 aromatic carbocycles. The van der Waals surface area contributed by atoms with Gasteiger partial charge in [0.15, 0.2) is 6.29 Å². The zero-order chi connectivity index (χ0) is 25.0. The van der Waals surface area contributed by atoms with Gasteiger partial charge in [0.1, 0.15) is 24.4 Å². The number of aliphatic hydroxyl groups is 4. The Morgan fingerprint density at radius 1 is 0.879 bits per heavy atom. The van der Waals surface area contributed by atoms with Crippen LogP contribution in [0.2, 0.25) is 0 Å². The van der Waals surface area contributed by atoms with Crippen LogP contribution in [0.1, 0.15) is 85.3 Å². The molecule has 0 aromatic rings. The first kappa shape index (κ1) is 27.7. The van der Waals surface area contributed by atoms with Crippen molar-refractivity contribution in [1.29, 1.82) is 0 Å². The summed E-state index contributed by atoms with van der Waals surface area (Å²) in [7, 11) is 0. The van der Waals surface area contributed by atoms with Crippen molar-refractivity contribution in [2.45, 2.75) is 115 Å². The summed E-state index contributed by atoms with van der Waals surface area (Å²) in [4.78, 5) is 12.0. The Morgan fingerprint density at radius 3 is 2.12 bits per heavy atom. The Morgan fingerprint density at radius 2 is 1.48 bits per heavy atom. The van der Waals surface area contributed by atoms with Crippen LogP contribution < -0.4 is 5.32 Å². The molecule has 7 nitrogen and oxygen atoms in total. The van der Waals surface area contributed by atoms with Crippen molar-refractivity contribution in [3.63, 3.8) is 0 Å². The third kappa shape index (κ3) is 13.1. The molecule has 0 bridgehead atoms. The van der Waals surface area contributed by atoms with E-state index in [4.69, 9.17) is 11.2 Å². The number of allylic oxidation sites excluding steroid dienone is 5. The van der Waals surface area contributed by atoms with Gasteiger partial charge in [0.05, 0.1) is 6.61 Å². The second-order valence-corrected chi connectivity index (χ2v) is 8.61. The standard InChI is InChI=1S/C26H45NO6/c1-2-3-4-5-6-7-8-9-10-11-12-13-14-15-16-17-18-19-22(29)27-23-25(31)24(30)21(20-28)33-26(23)32/h14-19,21,23-26,28,30-32H,2-13,20H2,1H3,(H,27,29)/t21-,23-,24-,25-,26?/m1/s1/i1D. The number of carbonyl (C=O) groups is 1. The van der Waals surface area contributed by atoms with E-state index in [0.717, 1.165) is 12.8 Å². The van der Waals surface area contributed by atoms with Crippen molar-refractivity contribution in [2.24, 2.45) is 0 Å². The summed E-state index contributed by atoms with van der Waals surface area (Å²) in [6.07, 6.45) is 19.8. The van der Waals surface area contributed by atoms with Crippen LogP contribution in [-0.2, 0) is 9.53 Å². The van der Waals surface area contributed by atoms with Gasteiger partial charge in [-0.3, -0.25) is 4.79 Å². The first-order valence-corrected chi connectivity index (χ1v) is 12.4. The first-order valence-electron chi connectivity index (χ1n) is 13.1. The van der Waals surface area contributed by atoms with E-state index in [2.05, 4.69) is 11.4 Å². The highest BCUT2D eigenvalue weighted by Crippen LogP contribution is 2.19. The molecule has 1 amide bonds. The topological polar surface area (TPSA) is 119 Å². The highest BCUT2D eigenvalue weighted by atomic mass is 16.6. The molecule has 33 heavy (non-hydrogen) atoms. The molecule has 1 fully saturated rings. The lowest BCUT2D eigenvalue weighted by Gasteiger charge is -2.40. The molecule has 1 aliphatic rings. The molecule has 5 N–H and O–H groups in total. The maximum Gasteiger partial charge on any atom is 0.244 e. The van der Waals surface area contributed by atoms with Crippen LogP contribution in [0.3, 0.4) is 0 Å². The maximum atomic E-state index is 12.0. The summed E-state index contributed by atoms with van der Waals surface area (Å²) >= 11 is 0. The van der Waals surface area contributed by atoms with Crippen LogP contribution in [0.25, 0.3) is 0 Å². The molecule has 190 valence electrons. The van der Waals surface area contributed by atoms with Gasteiger partial charge in [-0.2, -0.15) is 0 Å². The van der Waals surface area contributed by atoms with Crippen molar-refractivity contribution in [2.75, 3.05) is 6.61 Å². The van der Waals surface area contributed by atoms with Crippen LogP contribution >= 0.6 is 0 Å². The van der Waals surface area contributed by atoms with E-state index in [1.165, 1.54) is 70.3 Å². The number of hydrogen-bond donors (Lipinski definition) is 5. The summed E-state index contributed by atoms with van der Waals surface area (Å²) in [5.41, 5.74) is 0. The fraction of sp³-hybridized carbons (Fsp3) is 0.731. The summed E-state index contributed by atoms with van der Waals surface area (Å²) in [5.74, 6) is -0.542. The van der Waals surface area contributed by atoms with E-state index < -0.39 is 43.2 Å². The minimum absolute atomic E-state index is 0.542. The lowest BCUT2D eigenvalue weighted by atomic mass is 9.97. The number of hydrogen-bond acceptors (Lipinski definition) is 6. The highest BCUT2D eigenvalue weighted by molar-refractivity contribution is 5.88. The van der Waals surface area contributed by atoms with Gasteiger partial charge in [0.2, 0.25) is 5.91 Å². The molecule has 1 rings (SSSR count). The quantitative estimate of drug-likeness (QED) is 0.127. The second-order valence-electron chi connectivity index (χ2n) is 8.61. The minimum atomic E-state index is -1.53. The van der Waals surface area contributed by atoms with Gasteiger partial charge in [0.25, 0.3) is 0 Å². The van der Waals surface area contributed by atoms with Crippen LogP contribution in [0.15, 0.2) is 36.5 Å². The number of unbranched alkanes of at least 4 members (excludes halogenated alkanes) is 11. The molecular weight excluding hydrogens is 422 g/mol. The van der Waals surface area contributed by atoms with E-state index in [1.54, 1.807) is 12.2 Å². The van der Waals surface area contributed by atoms with Gasteiger partial charge >= 0.3 is 0 Å². The number of rotatable bonds is 17. The molecule has 0 spiro atoms. The monoisotopic (exact) mass is 468 g/mol. The molecule has 1 heterocycles. The highest BCUT2D eigenvalue weighted by Gasteiger charge is 2.44. The van der Waals surface area contributed by atoms with Gasteiger partial charge in [-0.1, -0.05) is 101 Å². The fourth-order valence-electron chi connectivity index (χ4n) is 3.76. The average Bonchev–Trinajstić information content (AvgIpc) is 2.83. The lowest BCUT2D eigenvalue weighted by molar-refractivity contribution is -0.253. The lowest BCUT2D eigenvalue weighted by Crippen LogP contribution is -2.64. The van der Waals surface area contributed by atoms with Gasteiger partial charge in [0, 0.05) is 7.45 Å². The van der Waals surface area contributed by atoms with Crippen LogP contribution in [0.5, 0.6) is 0 Å². The Labute approximate surface area is 200 Å². The van der Waals surface area contributed by atoms with Gasteiger partial charge < -0.3 is 30.5 Å². The Balaban J connectivity index is 2.06. The molecule has 7 heteroatoms. The molecule has 0 aliphatic carbocycles. The van der Waals surface area contributed by atoms with Gasteiger partial charge in [-0.05, 0) is 12.8 Å². The van der Waals surface area contributed by atoms with Crippen LogP contribution in [0, 0.1) is 0 Å². The predicted molar refractivity (Wildman–Crippen MR) is 130 cm³/mol. The Bertz CT molecular complexity index is 612. The number of ether oxygens (including phenoxy) is 1. The summed E-state index contributed by atoms with van der Waals surface area (Å²) in [6.45, 7) is 0.0153. The summed E-state index contributed by atoms with van der Waals surface area (Å²) < 4.78 is 12.1. The number of nitrogens with one attached hydrogen (secondary N) is 1. The predicted octanol–water partition coefficient (Wildman–Crippen LogP) is 3.27. The summed E-state index contributed by atoms with van der Waals surface area (Å²) in [6, 6.07) is -1.19. The van der Waals surface area contributed by atoms with Gasteiger partial charge in [-0.25, -0.2) is 0 Å². The smallest absolute Gasteiger partial charge is 0.244 e. The van der Waals surface area contributed by atoms with Crippen LogP contribution in [-0.4, -0.2) is 63.6 Å². The molecule has 0 saturated carbocycles. The molecular formula is C26H45NO6. The molecule has 0 aromatic heterocycles. The van der Waals surface area contributed by atoms with E-state index in [-0.39, 0.29) is 0 Å². The van der Waals surface area contributed by atoms with Crippen molar-refractivity contribution >= 4 is 5.91 Å². The van der Waals surface area contributed by atoms with E-state index in [9.17, 15) is 20.1 Å². The largest absolute Gasteiger partial charge is 0.394 e. The third-order valence-corrected chi connectivity index (χ3v) is 5.80. The first-order chi connectivity index (χ1) is 16.5. The number of aliphatic hydroxyl groups excluding tert-OH is 4. The molecule has 0 radical (unpaired) electrons. The van der Waals surface area contributed by atoms with Crippen molar-refractivity contribution in [3.05, 3.63) is 36.5 Å². The van der Waals surface area contributed by atoms with E-state index in [0.29, 0.717) is 6.90 Å². The van der Waals surface area contributed by atoms with E-state index in [1.807, 2.05) is 12.2 Å². The van der Waals surface area contributed by atoms with Crippen LogP contribution in [0.4, 0.5) is 0 Å². The normalized spacial score (nSPS) is 26.4. The molecule has 1 unspecified atom stereocenters. The Hall–Kier alpha value is -1.51. The second kappa shape index (κ2) is 18.9. The Kier molecular flexibility index (Phi) is 15.9. The molecule has 1 aliphatic heterocycles. The third-order valence-electron chi connectivity index (χ3n) is 5.80. The molecule has 5 atom stereocenters. The van der Waals surface area contributed by atoms with Crippen molar-refractivity contribution < 1.29 is 31.3 Å². The fourth-order valence-corrected chi connectivity index (χ4v) is 3.76. The van der Waals surface area contributed by atoms with Crippen molar-refractivity contribution in [1.82, 2.24) is 5.32 Å². The maximum absolute atomic E-state index is 12.0. The summed E-state index contributed by atoms with van der Waals surface area (Å²) in [5, 5.41) is 41.2. The molecule has 1 saturated heterocycles. The number of amides is 1.